The van der Waals surface area contributed by atoms with Crippen LogP contribution >= 0.6 is 0 Å². The number of nitrogens with zero attached hydrogens (tertiary/aromatic N) is 2. The number of rotatable bonds is 0. The predicted octanol–water partition coefficient (Wildman–Crippen LogP) is -0.150. The highest BCUT2D eigenvalue weighted by molar-refractivity contribution is 5.96. The molecule has 0 bridgehead atoms. The number of carbonyl (C=O) groups excluding carboxylic acids is 1. The van der Waals surface area contributed by atoms with Crippen molar-refractivity contribution >= 4 is 5.91 Å². The second-order valence-corrected chi connectivity index (χ2v) is 4.88. The van der Waals surface area contributed by atoms with Crippen molar-refractivity contribution in [1.82, 2.24) is 9.47 Å². The molecule has 7 heteroatoms. The largest absolute Gasteiger partial charge is 0.503 e. The Balaban J connectivity index is 2.11. The van der Waals surface area contributed by atoms with Gasteiger partial charge in [0.25, 0.3) is 11.3 Å². The summed E-state index contributed by atoms with van der Waals surface area (Å²) in [4.78, 5) is 25.3. The molecule has 0 aromatic carbocycles. The number of hydrogen-bond acceptors (Lipinski definition) is 5. The molecule has 0 radical (unpaired) electrons. The number of pyridine rings is 1. The lowest BCUT2D eigenvalue weighted by Gasteiger charge is -2.42. The van der Waals surface area contributed by atoms with Crippen LogP contribution in [0.4, 0.5) is 0 Å². The molecule has 102 valence electrons. The van der Waals surface area contributed by atoms with Gasteiger partial charge in [0.2, 0.25) is 0 Å². The van der Waals surface area contributed by atoms with Crippen molar-refractivity contribution in [2.24, 2.45) is 0 Å². The lowest BCUT2D eigenvalue weighted by molar-refractivity contribution is -0.128. The third kappa shape index (κ3) is 1.69. The number of carbonyl (C=O) groups is 1. The molecule has 1 aromatic rings. The van der Waals surface area contributed by atoms with Crippen molar-refractivity contribution in [2.75, 3.05) is 6.54 Å². The first-order valence-electron chi connectivity index (χ1n) is 6.11. The first kappa shape index (κ1) is 12.0. The minimum Gasteiger partial charge on any atom is -0.503 e. The van der Waals surface area contributed by atoms with Gasteiger partial charge in [0.05, 0.1) is 18.8 Å². The highest BCUT2D eigenvalue weighted by atomic mass is 16.5. The lowest BCUT2D eigenvalue weighted by atomic mass is 10.1. The smallest absolute Gasteiger partial charge is 0.276 e. The average Bonchev–Trinajstić information content (AvgIpc) is 2.35. The zero-order chi connectivity index (χ0) is 13.7. The van der Waals surface area contributed by atoms with Gasteiger partial charge >= 0.3 is 0 Å². The van der Waals surface area contributed by atoms with Crippen LogP contribution in [0.5, 0.6) is 11.5 Å². The van der Waals surface area contributed by atoms with Crippen LogP contribution in [0.15, 0.2) is 11.0 Å². The van der Waals surface area contributed by atoms with Crippen LogP contribution in [0.1, 0.15) is 23.8 Å². The van der Waals surface area contributed by atoms with Crippen molar-refractivity contribution in [3.05, 3.63) is 22.1 Å². The summed E-state index contributed by atoms with van der Waals surface area (Å²) in [7, 11) is 0. The lowest BCUT2D eigenvalue weighted by Crippen LogP contribution is -2.54. The minimum atomic E-state index is -0.927. The normalized spacial score (nSPS) is 25.9. The van der Waals surface area contributed by atoms with Crippen LogP contribution in [0, 0.1) is 0 Å². The van der Waals surface area contributed by atoms with E-state index >= 15 is 0 Å². The molecule has 3 rings (SSSR count). The van der Waals surface area contributed by atoms with E-state index < -0.39 is 29.1 Å². The second kappa shape index (κ2) is 3.99. The molecular weight excluding hydrogens is 252 g/mol. The maximum absolute atomic E-state index is 12.3. The predicted molar refractivity (Wildman–Crippen MR) is 64.0 cm³/mol. The Kier molecular flexibility index (Phi) is 2.53. The molecule has 19 heavy (non-hydrogen) atoms. The number of amides is 1. The van der Waals surface area contributed by atoms with E-state index in [9.17, 15) is 19.8 Å². The van der Waals surface area contributed by atoms with Gasteiger partial charge in [-0.3, -0.25) is 9.59 Å². The summed E-state index contributed by atoms with van der Waals surface area (Å²) in [5, 5.41) is 19.2. The topological polar surface area (TPSA) is 92.0 Å². The molecular formula is C12H14N2O5. The molecule has 2 unspecified atom stereocenters. The van der Waals surface area contributed by atoms with E-state index in [1.54, 1.807) is 0 Å². The minimum absolute atomic E-state index is 0.0529. The summed E-state index contributed by atoms with van der Waals surface area (Å²) in [5.74, 6) is -1.73. The van der Waals surface area contributed by atoms with Crippen LogP contribution in [-0.2, 0) is 11.3 Å². The number of aromatic hydroxyl groups is 2. The van der Waals surface area contributed by atoms with Gasteiger partial charge in [0.1, 0.15) is 0 Å². The van der Waals surface area contributed by atoms with Gasteiger partial charge < -0.3 is 24.4 Å². The number of aromatic nitrogens is 1. The molecule has 2 N–H and O–H groups in total. The van der Waals surface area contributed by atoms with Crippen LogP contribution in [-0.4, -0.2) is 44.5 Å². The average molecular weight is 266 g/mol. The second-order valence-electron chi connectivity index (χ2n) is 4.88. The maximum Gasteiger partial charge on any atom is 0.276 e. The zero-order valence-electron chi connectivity index (χ0n) is 10.4. The molecule has 2 aliphatic heterocycles. The van der Waals surface area contributed by atoms with E-state index in [4.69, 9.17) is 4.74 Å². The van der Waals surface area contributed by atoms with Crippen LogP contribution in [0.3, 0.4) is 0 Å². The van der Waals surface area contributed by atoms with Crippen LogP contribution < -0.4 is 5.43 Å². The van der Waals surface area contributed by atoms with Gasteiger partial charge in [-0.1, -0.05) is 0 Å². The zero-order valence-corrected chi connectivity index (χ0v) is 10.4. The van der Waals surface area contributed by atoms with Gasteiger partial charge in [-0.05, 0) is 13.3 Å². The first-order chi connectivity index (χ1) is 8.99. The van der Waals surface area contributed by atoms with E-state index in [0.29, 0.717) is 13.0 Å². The molecule has 1 amide bonds. The SMILES string of the molecule is CC1CCN2C(=O)c3c(O)c(=O)c(O)cn3CC2O1. The Bertz CT molecular complexity index is 609. The molecule has 1 saturated heterocycles. The van der Waals surface area contributed by atoms with E-state index in [1.165, 1.54) is 9.47 Å². The molecule has 7 nitrogen and oxygen atoms in total. The number of fused-ring (bicyclic) bond motifs is 2. The molecule has 0 saturated carbocycles. The van der Waals surface area contributed by atoms with Crippen LogP contribution in [0.25, 0.3) is 0 Å². The number of hydrogen-bond donors (Lipinski definition) is 2. The van der Waals surface area contributed by atoms with E-state index in [0.717, 1.165) is 6.20 Å². The van der Waals surface area contributed by atoms with E-state index in [1.807, 2.05) is 6.92 Å². The fraction of sp³-hybridized carbons (Fsp3) is 0.500. The van der Waals surface area contributed by atoms with Gasteiger partial charge in [-0.2, -0.15) is 0 Å². The van der Waals surface area contributed by atoms with Crippen molar-refractivity contribution in [3.8, 4) is 11.5 Å². The standard InChI is InChI=1S/C12H14N2O5/c1-6-2-3-14-8(19-6)5-13-4-7(15)10(16)11(17)9(13)12(14)18/h4,6,8,15,17H,2-3,5H2,1H3. The molecule has 2 aliphatic rings. The fourth-order valence-corrected chi connectivity index (χ4v) is 2.56. The van der Waals surface area contributed by atoms with E-state index in [-0.39, 0.29) is 18.3 Å². The molecule has 2 atom stereocenters. The maximum atomic E-state index is 12.3. The Labute approximate surface area is 108 Å². The fourth-order valence-electron chi connectivity index (χ4n) is 2.56. The molecule has 0 aliphatic carbocycles. The number of ether oxygens (including phenoxy) is 1. The summed E-state index contributed by atoms with van der Waals surface area (Å²) in [6.45, 7) is 2.74. The highest BCUT2D eigenvalue weighted by Crippen LogP contribution is 2.28. The Morgan fingerprint density at radius 1 is 1.37 bits per heavy atom. The van der Waals surface area contributed by atoms with Gasteiger partial charge in [0, 0.05) is 6.54 Å². The molecule has 0 spiro atoms. The summed E-state index contributed by atoms with van der Waals surface area (Å²) in [5.41, 5.74) is -1.01. The summed E-state index contributed by atoms with van der Waals surface area (Å²) >= 11 is 0. The molecule has 1 fully saturated rings. The van der Waals surface area contributed by atoms with Crippen molar-refractivity contribution in [3.63, 3.8) is 0 Å². The van der Waals surface area contributed by atoms with Crippen LogP contribution in [0.2, 0.25) is 0 Å². The van der Waals surface area contributed by atoms with Gasteiger partial charge in [-0.25, -0.2) is 0 Å². The quantitative estimate of drug-likeness (QED) is 0.681. The Morgan fingerprint density at radius 2 is 2.11 bits per heavy atom. The van der Waals surface area contributed by atoms with Gasteiger partial charge in [-0.15, -0.1) is 0 Å². The Morgan fingerprint density at radius 3 is 2.84 bits per heavy atom. The van der Waals surface area contributed by atoms with Crippen molar-refractivity contribution < 1.29 is 19.7 Å². The van der Waals surface area contributed by atoms with Crippen molar-refractivity contribution in [1.29, 1.82) is 0 Å². The Hall–Kier alpha value is -2.02. The van der Waals surface area contributed by atoms with Gasteiger partial charge in [0.15, 0.2) is 23.4 Å². The van der Waals surface area contributed by atoms with E-state index in [2.05, 4.69) is 0 Å². The van der Waals surface area contributed by atoms with Crippen molar-refractivity contribution in [2.45, 2.75) is 32.2 Å². The molecule has 3 heterocycles. The monoisotopic (exact) mass is 266 g/mol. The highest BCUT2D eigenvalue weighted by Gasteiger charge is 2.39. The third-order valence-corrected chi connectivity index (χ3v) is 3.57. The first-order valence-corrected chi connectivity index (χ1v) is 6.11. The third-order valence-electron chi connectivity index (χ3n) is 3.57. The summed E-state index contributed by atoms with van der Waals surface area (Å²) in [6.07, 6.45) is 1.50. The molecule has 1 aromatic heterocycles. The summed E-state index contributed by atoms with van der Waals surface area (Å²) in [6, 6.07) is 0. The summed E-state index contributed by atoms with van der Waals surface area (Å²) < 4.78 is 7.04.